The largest absolute Gasteiger partial charge is 0.494 e. The summed E-state index contributed by atoms with van der Waals surface area (Å²) in [7, 11) is -3.71. The number of carbonyl (C=O) groups is 1. The zero-order valence-electron chi connectivity index (χ0n) is 13.5. The van der Waals surface area contributed by atoms with Crippen molar-refractivity contribution in [3.05, 3.63) is 54.1 Å². The number of sulfonamides is 1. The number of anilines is 1. The van der Waals surface area contributed by atoms with Crippen LogP contribution in [0.5, 0.6) is 5.75 Å². The molecule has 0 aliphatic heterocycles. The van der Waals surface area contributed by atoms with Crippen LogP contribution in [0.25, 0.3) is 0 Å². The Morgan fingerprint density at radius 3 is 2.12 bits per heavy atom. The zero-order chi connectivity index (χ0) is 17.6. The van der Waals surface area contributed by atoms with E-state index in [9.17, 15) is 13.2 Å². The number of carbonyl (C=O) groups excluding carboxylic acids is 1. The Balaban J connectivity index is 2.12. The highest BCUT2D eigenvalue weighted by atomic mass is 32.2. The SMILES string of the molecule is CCOC(=O)c1ccc(NS(=O)(=O)c2ccc(OCC)cc2)cc1. The zero-order valence-corrected chi connectivity index (χ0v) is 14.3. The quantitative estimate of drug-likeness (QED) is 0.777. The van der Waals surface area contributed by atoms with Crippen LogP contribution in [0.3, 0.4) is 0 Å². The summed E-state index contributed by atoms with van der Waals surface area (Å²) in [6, 6.07) is 12.2. The molecule has 0 heterocycles. The van der Waals surface area contributed by atoms with Crippen molar-refractivity contribution in [1.82, 2.24) is 0 Å². The van der Waals surface area contributed by atoms with E-state index in [0.717, 1.165) is 0 Å². The predicted molar refractivity (Wildman–Crippen MR) is 90.8 cm³/mol. The van der Waals surface area contributed by atoms with Crippen molar-refractivity contribution in [2.45, 2.75) is 18.7 Å². The maximum absolute atomic E-state index is 12.3. The number of rotatable bonds is 7. The Kier molecular flexibility index (Phi) is 5.81. The second kappa shape index (κ2) is 7.83. The fourth-order valence-electron chi connectivity index (χ4n) is 1.98. The molecule has 2 aromatic carbocycles. The summed E-state index contributed by atoms with van der Waals surface area (Å²) in [5.41, 5.74) is 0.720. The molecule has 2 aromatic rings. The molecule has 24 heavy (non-hydrogen) atoms. The lowest BCUT2D eigenvalue weighted by molar-refractivity contribution is 0.0526. The van der Waals surface area contributed by atoms with Crippen molar-refractivity contribution in [1.29, 1.82) is 0 Å². The molecule has 0 bridgehead atoms. The molecule has 6 nitrogen and oxygen atoms in total. The average Bonchev–Trinajstić information content (AvgIpc) is 2.56. The van der Waals surface area contributed by atoms with Gasteiger partial charge in [0, 0.05) is 5.69 Å². The first kappa shape index (κ1) is 17.8. The normalized spacial score (nSPS) is 10.9. The van der Waals surface area contributed by atoms with E-state index in [4.69, 9.17) is 9.47 Å². The molecule has 0 fully saturated rings. The van der Waals surface area contributed by atoms with E-state index in [1.165, 1.54) is 36.4 Å². The van der Waals surface area contributed by atoms with Gasteiger partial charge in [-0.25, -0.2) is 13.2 Å². The molecule has 0 aliphatic carbocycles. The highest BCUT2D eigenvalue weighted by Crippen LogP contribution is 2.20. The van der Waals surface area contributed by atoms with Gasteiger partial charge in [-0.15, -0.1) is 0 Å². The molecule has 0 aromatic heterocycles. The third kappa shape index (κ3) is 4.48. The van der Waals surface area contributed by atoms with Crippen LogP contribution in [0.1, 0.15) is 24.2 Å². The van der Waals surface area contributed by atoms with Gasteiger partial charge in [0.05, 0.1) is 23.7 Å². The number of esters is 1. The van der Waals surface area contributed by atoms with Gasteiger partial charge in [-0.2, -0.15) is 0 Å². The Bertz CT molecular complexity index is 783. The second-order valence-electron chi connectivity index (χ2n) is 4.81. The van der Waals surface area contributed by atoms with Crippen molar-refractivity contribution < 1.29 is 22.7 Å². The summed E-state index contributed by atoms with van der Waals surface area (Å²) in [5.74, 6) is 0.161. The van der Waals surface area contributed by atoms with E-state index in [1.54, 1.807) is 19.1 Å². The second-order valence-corrected chi connectivity index (χ2v) is 6.49. The molecule has 0 spiro atoms. The van der Waals surface area contributed by atoms with Gasteiger partial charge >= 0.3 is 5.97 Å². The molecule has 7 heteroatoms. The van der Waals surface area contributed by atoms with Crippen LogP contribution in [0.2, 0.25) is 0 Å². The van der Waals surface area contributed by atoms with Crippen LogP contribution >= 0.6 is 0 Å². The van der Waals surface area contributed by atoms with Crippen LogP contribution < -0.4 is 9.46 Å². The summed E-state index contributed by atoms with van der Waals surface area (Å²) in [4.78, 5) is 11.7. The lowest BCUT2D eigenvalue weighted by Crippen LogP contribution is -2.13. The van der Waals surface area contributed by atoms with Gasteiger partial charge in [0.1, 0.15) is 5.75 Å². The molecule has 0 aliphatic rings. The van der Waals surface area contributed by atoms with Crippen molar-refractivity contribution in [3.63, 3.8) is 0 Å². The van der Waals surface area contributed by atoms with Crippen molar-refractivity contribution in [3.8, 4) is 5.75 Å². The highest BCUT2D eigenvalue weighted by molar-refractivity contribution is 7.92. The predicted octanol–water partition coefficient (Wildman–Crippen LogP) is 3.06. The molecular formula is C17H19NO5S. The van der Waals surface area contributed by atoms with Crippen LogP contribution in [0.4, 0.5) is 5.69 Å². The van der Waals surface area contributed by atoms with Crippen LogP contribution in [0, 0.1) is 0 Å². The smallest absolute Gasteiger partial charge is 0.338 e. The maximum Gasteiger partial charge on any atom is 0.338 e. The van der Waals surface area contributed by atoms with Gasteiger partial charge in [-0.1, -0.05) is 0 Å². The average molecular weight is 349 g/mol. The topological polar surface area (TPSA) is 81.7 Å². The van der Waals surface area contributed by atoms with Gasteiger partial charge < -0.3 is 9.47 Å². The molecular weight excluding hydrogens is 330 g/mol. The molecule has 0 atom stereocenters. The standard InChI is InChI=1S/C17H19NO5S/c1-3-22-15-9-11-16(12-10-15)24(20,21)18-14-7-5-13(6-8-14)17(19)23-4-2/h5-12,18H,3-4H2,1-2H3. The Morgan fingerprint density at radius 2 is 1.58 bits per heavy atom. The minimum Gasteiger partial charge on any atom is -0.494 e. The Morgan fingerprint density at radius 1 is 0.958 bits per heavy atom. The summed E-state index contributed by atoms with van der Waals surface area (Å²) >= 11 is 0. The lowest BCUT2D eigenvalue weighted by Gasteiger charge is -2.09. The fourth-order valence-corrected chi connectivity index (χ4v) is 3.04. The van der Waals surface area contributed by atoms with Crippen LogP contribution in [-0.2, 0) is 14.8 Å². The molecule has 0 unspecified atom stereocenters. The lowest BCUT2D eigenvalue weighted by atomic mass is 10.2. The third-order valence-corrected chi connectivity index (χ3v) is 4.49. The van der Waals surface area contributed by atoms with Gasteiger partial charge in [0.15, 0.2) is 0 Å². The van der Waals surface area contributed by atoms with E-state index in [-0.39, 0.29) is 11.5 Å². The third-order valence-electron chi connectivity index (χ3n) is 3.09. The number of nitrogens with one attached hydrogen (secondary N) is 1. The minimum atomic E-state index is -3.71. The van der Waals surface area contributed by atoms with E-state index in [2.05, 4.69) is 4.72 Å². The fraction of sp³-hybridized carbons (Fsp3) is 0.235. The first-order valence-corrected chi connectivity index (χ1v) is 8.97. The van der Waals surface area contributed by atoms with E-state index < -0.39 is 16.0 Å². The van der Waals surface area contributed by atoms with Crippen molar-refractivity contribution in [2.75, 3.05) is 17.9 Å². The number of hydrogen-bond acceptors (Lipinski definition) is 5. The van der Waals surface area contributed by atoms with Crippen molar-refractivity contribution in [2.24, 2.45) is 0 Å². The van der Waals surface area contributed by atoms with Gasteiger partial charge in [-0.3, -0.25) is 4.72 Å². The number of benzene rings is 2. The first-order chi connectivity index (χ1) is 11.5. The van der Waals surface area contributed by atoms with Crippen LogP contribution in [0.15, 0.2) is 53.4 Å². The molecule has 1 N–H and O–H groups in total. The summed E-state index contributed by atoms with van der Waals surface area (Å²) in [6.45, 7) is 4.37. The van der Waals surface area contributed by atoms with Crippen molar-refractivity contribution >= 4 is 21.7 Å². The van der Waals surface area contributed by atoms with Crippen LogP contribution in [-0.4, -0.2) is 27.6 Å². The van der Waals surface area contributed by atoms with Gasteiger partial charge in [-0.05, 0) is 62.4 Å². The summed E-state index contributed by atoms with van der Waals surface area (Å²) in [5, 5.41) is 0. The van der Waals surface area contributed by atoms with E-state index in [0.29, 0.717) is 23.6 Å². The molecule has 0 saturated heterocycles. The van der Waals surface area contributed by atoms with Gasteiger partial charge in [0.25, 0.3) is 10.0 Å². The molecule has 0 radical (unpaired) electrons. The molecule has 128 valence electrons. The molecule has 2 rings (SSSR count). The van der Waals surface area contributed by atoms with E-state index in [1.807, 2.05) is 6.92 Å². The monoisotopic (exact) mass is 349 g/mol. The van der Waals surface area contributed by atoms with Gasteiger partial charge in [0.2, 0.25) is 0 Å². The maximum atomic E-state index is 12.3. The molecule has 0 amide bonds. The van der Waals surface area contributed by atoms with E-state index >= 15 is 0 Å². The summed E-state index contributed by atoms with van der Waals surface area (Å²) in [6.07, 6.45) is 0. The summed E-state index contributed by atoms with van der Waals surface area (Å²) < 4.78 is 37.3. The minimum absolute atomic E-state index is 0.125. The Hall–Kier alpha value is -2.54. The first-order valence-electron chi connectivity index (χ1n) is 7.49. The Labute approximate surface area is 141 Å². The highest BCUT2D eigenvalue weighted by Gasteiger charge is 2.15. The molecule has 0 saturated carbocycles. The number of ether oxygens (including phenoxy) is 2. The number of hydrogen-bond donors (Lipinski definition) is 1.